The Morgan fingerprint density at radius 1 is 1.91 bits per heavy atom. The van der Waals surface area contributed by atoms with Gasteiger partial charge in [-0.05, 0) is 0 Å². The molecule has 0 bridgehead atoms. The lowest BCUT2D eigenvalue weighted by Crippen LogP contribution is -2.29. The van der Waals surface area contributed by atoms with Crippen LogP contribution in [-0.4, -0.2) is 11.2 Å². The summed E-state index contributed by atoms with van der Waals surface area (Å²) in [5.74, 6) is 0. The van der Waals surface area contributed by atoms with Crippen LogP contribution >= 0.6 is 0 Å². The molecule has 6 nitrogen and oxygen atoms in total. The molecule has 0 aliphatic heterocycles. The van der Waals surface area contributed by atoms with E-state index in [1.807, 2.05) is 5.48 Å². The fraction of sp³-hybridized carbons (Fsp3) is 0.200. The Morgan fingerprint density at radius 2 is 2.73 bits per heavy atom. The summed E-state index contributed by atoms with van der Waals surface area (Å²) in [5.41, 5.74) is 7.24. The number of carbonyl (C=O) groups is 1. The molecule has 1 heterocycles. The number of urea groups is 1. The SMILES string of the molecule is NC(=O)NOCc1ccon1. The molecular formula is C5H7N3O3. The molecule has 0 fully saturated rings. The maximum atomic E-state index is 10.1. The van der Waals surface area contributed by atoms with Gasteiger partial charge in [0, 0.05) is 6.07 Å². The van der Waals surface area contributed by atoms with E-state index in [2.05, 4.69) is 14.5 Å². The zero-order valence-electron chi connectivity index (χ0n) is 5.61. The van der Waals surface area contributed by atoms with Crippen LogP contribution in [0.25, 0.3) is 0 Å². The van der Waals surface area contributed by atoms with Gasteiger partial charge in [-0.2, -0.15) is 0 Å². The van der Waals surface area contributed by atoms with E-state index in [1.165, 1.54) is 6.26 Å². The zero-order valence-corrected chi connectivity index (χ0v) is 5.61. The number of rotatable bonds is 3. The molecule has 0 unspecified atom stereocenters. The summed E-state index contributed by atoms with van der Waals surface area (Å²) in [7, 11) is 0. The summed E-state index contributed by atoms with van der Waals surface area (Å²) in [6, 6.07) is 0.872. The maximum absolute atomic E-state index is 10.1. The number of primary amides is 1. The highest BCUT2D eigenvalue weighted by molar-refractivity contribution is 5.70. The van der Waals surface area contributed by atoms with E-state index in [0.717, 1.165) is 0 Å². The Hall–Kier alpha value is -1.56. The highest BCUT2D eigenvalue weighted by Gasteiger charge is 1.96. The summed E-state index contributed by atoms with van der Waals surface area (Å²) in [6.07, 6.45) is 1.41. The fourth-order valence-electron chi connectivity index (χ4n) is 0.493. The lowest BCUT2D eigenvalue weighted by Gasteiger charge is -1.97. The van der Waals surface area contributed by atoms with Crippen molar-refractivity contribution < 1.29 is 14.2 Å². The number of hydrogen-bond acceptors (Lipinski definition) is 4. The molecule has 60 valence electrons. The predicted molar refractivity (Wildman–Crippen MR) is 34.0 cm³/mol. The number of amides is 2. The van der Waals surface area contributed by atoms with E-state index in [1.54, 1.807) is 6.07 Å². The van der Waals surface area contributed by atoms with Crippen molar-refractivity contribution in [1.29, 1.82) is 0 Å². The summed E-state index contributed by atoms with van der Waals surface area (Å²) < 4.78 is 4.50. The third-order valence-corrected chi connectivity index (χ3v) is 0.884. The third-order valence-electron chi connectivity index (χ3n) is 0.884. The quantitative estimate of drug-likeness (QED) is 0.593. The zero-order chi connectivity index (χ0) is 8.10. The normalized spacial score (nSPS) is 9.45. The highest BCUT2D eigenvalue weighted by atomic mass is 16.7. The van der Waals surface area contributed by atoms with Crippen molar-refractivity contribution in [2.75, 3.05) is 0 Å². The van der Waals surface area contributed by atoms with Crippen LogP contribution < -0.4 is 11.2 Å². The van der Waals surface area contributed by atoms with Gasteiger partial charge in [0.25, 0.3) is 0 Å². The van der Waals surface area contributed by atoms with Crippen molar-refractivity contribution in [2.24, 2.45) is 5.73 Å². The second kappa shape index (κ2) is 3.57. The highest BCUT2D eigenvalue weighted by Crippen LogP contribution is 1.94. The summed E-state index contributed by atoms with van der Waals surface area (Å²) in [4.78, 5) is 14.7. The van der Waals surface area contributed by atoms with Gasteiger partial charge in [0.2, 0.25) is 0 Å². The van der Waals surface area contributed by atoms with E-state index < -0.39 is 6.03 Å². The van der Waals surface area contributed by atoms with Crippen LogP contribution in [0.3, 0.4) is 0 Å². The first-order valence-corrected chi connectivity index (χ1v) is 2.85. The molecule has 6 heteroatoms. The van der Waals surface area contributed by atoms with Crippen LogP contribution in [-0.2, 0) is 11.4 Å². The molecule has 2 amide bonds. The number of carbonyl (C=O) groups excluding carboxylic acids is 1. The van der Waals surface area contributed by atoms with E-state index in [9.17, 15) is 4.79 Å². The number of hydroxylamine groups is 1. The minimum absolute atomic E-state index is 0.138. The first kappa shape index (κ1) is 7.55. The lowest BCUT2D eigenvalue weighted by molar-refractivity contribution is 0.0487. The van der Waals surface area contributed by atoms with Crippen molar-refractivity contribution in [3.05, 3.63) is 18.0 Å². The van der Waals surface area contributed by atoms with Gasteiger partial charge in [-0.25, -0.2) is 10.3 Å². The molecule has 0 saturated carbocycles. The van der Waals surface area contributed by atoms with Gasteiger partial charge in [0.15, 0.2) is 0 Å². The summed E-state index contributed by atoms with van der Waals surface area (Å²) in [5, 5.41) is 3.52. The Kier molecular flexibility index (Phi) is 2.45. The molecule has 0 aliphatic rings. The molecule has 1 aromatic heterocycles. The van der Waals surface area contributed by atoms with Crippen molar-refractivity contribution in [2.45, 2.75) is 6.61 Å². The minimum atomic E-state index is -0.742. The largest absolute Gasteiger partial charge is 0.364 e. The average Bonchev–Trinajstić information content (AvgIpc) is 2.39. The molecule has 1 aromatic rings. The van der Waals surface area contributed by atoms with Crippen LogP contribution in [0.2, 0.25) is 0 Å². The molecule has 0 aliphatic carbocycles. The number of hydrogen-bond donors (Lipinski definition) is 2. The first-order valence-electron chi connectivity index (χ1n) is 2.85. The summed E-state index contributed by atoms with van der Waals surface area (Å²) in [6.45, 7) is 0.138. The lowest BCUT2D eigenvalue weighted by atomic mass is 10.5. The minimum Gasteiger partial charge on any atom is -0.364 e. The van der Waals surface area contributed by atoms with Gasteiger partial charge in [0.1, 0.15) is 18.6 Å². The van der Waals surface area contributed by atoms with E-state index in [0.29, 0.717) is 5.69 Å². The van der Waals surface area contributed by atoms with Crippen LogP contribution in [0.15, 0.2) is 16.9 Å². The van der Waals surface area contributed by atoms with Crippen molar-refractivity contribution in [3.63, 3.8) is 0 Å². The van der Waals surface area contributed by atoms with Crippen LogP contribution in [0.1, 0.15) is 5.69 Å². The Labute approximate surface area is 62.2 Å². The second-order valence-corrected chi connectivity index (χ2v) is 1.75. The number of nitrogens with zero attached hydrogens (tertiary/aromatic N) is 1. The molecule has 0 aromatic carbocycles. The van der Waals surface area contributed by atoms with Crippen LogP contribution in [0.4, 0.5) is 4.79 Å². The number of nitrogens with one attached hydrogen (secondary N) is 1. The molecule has 11 heavy (non-hydrogen) atoms. The topological polar surface area (TPSA) is 90.4 Å². The van der Waals surface area contributed by atoms with Gasteiger partial charge >= 0.3 is 6.03 Å². The Bertz CT molecular complexity index is 221. The fourth-order valence-corrected chi connectivity index (χ4v) is 0.493. The Morgan fingerprint density at radius 3 is 3.27 bits per heavy atom. The molecule has 0 saturated heterocycles. The van der Waals surface area contributed by atoms with E-state index >= 15 is 0 Å². The van der Waals surface area contributed by atoms with E-state index in [-0.39, 0.29) is 6.61 Å². The standard InChI is InChI=1S/C5H7N3O3/c6-5(9)8-11-3-4-1-2-10-7-4/h1-2H,3H2,(H3,6,8,9). The van der Waals surface area contributed by atoms with E-state index in [4.69, 9.17) is 5.73 Å². The maximum Gasteiger partial charge on any atom is 0.336 e. The van der Waals surface area contributed by atoms with Crippen LogP contribution in [0.5, 0.6) is 0 Å². The second-order valence-electron chi connectivity index (χ2n) is 1.75. The van der Waals surface area contributed by atoms with Gasteiger partial charge in [0.05, 0.1) is 0 Å². The summed E-state index contributed by atoms with van der Waals surface area (Å²) >= 11 is 0. The first-order chi connectivity index (χ1) is 5.29. The number of nitrogens with two attached hydrogens (primary N) is 1. The van der Waals surface area contributed by atoms with Gasteiger partial charge in [-0.3, -0.25) is 4.84 Å². The predicted octanol–water partition coefficient (Wildman–Crippen LogP) is -0.226. The van der Waals surface area contributed by atoms with Crippen molar-refractivity contribution in [3.8, 4) is 0 Å². The molecule has 0 radical (unpaired) electrons. The third kappa shape index (κ3) is 2.67. The van der Waals surface area contributed by atoms with Crippen LogP contribution in [0, 0.1) is 0 Å². The molecular weight excluding hydrogens is 150 g/mol. The molecule has 3 N–H and O–H groups in total. The van der Waals surface area contributed by atoms with Gasteiger partial charge in [-0.1, -0.05) is 5.16 Å². The molecule has 0 spiro atoms. The van der Waals surface area contributed by atoms with Gasteiger partial charge < -0.3 is 10.3 Å². The van der Waals surface area contributed by atoms with Crippen molar-refractivity contribution in [1.82, 2.24) is 10.6 Å². The molecule has 1 rings (SSSR count). The number of aromatic nitrogens is 1. The molecule has 0 atom stereocenters. The van der Waals surface area contributed by atoms with Crippen molar-refractivity contribution >= 4 is 6.03 Å². The smallest absolute Gasteiger partial charge is 0.336 e. The Balaban J connectivity index is 2.19. The average molecular weight is 157 g/mol. The van der Waals surface area contributed by atoms with Gasteiger partial charge in [-0.15, -0.1) is 0 Å². The monoisotopic (exact) mass is 157 g/mol.